The monoisotopic (exact) mass is 321 g/mol. The molecule has 0 atom stereocenters. The van der Waals surface area contributed by atoms with Crippen LogP contribution in [0.3, 0.4) is 0 Å². The van der Waals surface area contributed by atoms with E-state index < -0.39 is 0 Å². The molecule has 2 heterocycles. The van der Waals surface area contributed by atoms with Crippen LogP contribution in [0.2, 0.25) is 0 Å². The van der Waals surface area contributed by atoms with Crippen LogP contribution in [0.15, 0.2) is 0 Å². The van der Waals surface area contributed by atoms with Gasteiger partial charge in [0.2, 0.25) is 11.8 Å². The highest BCUT2D eigenvalue weighted by Gasteiger charge is 2.39. The van der Waals surface area contributed by atoms with Crippen LogP contribution >= 0.6 is 0 Å². The molecule has 0 bridgehead atoms. The normalized spacial score (nSPS) is 17.8. The van der Waals surface area contributed by atoms with E-state index in [2.05, 4.69) is 10.4 Å². The molecular formula is C15H23N5O3. The summed E-state index contributed by atoms with van der Waals surface area (Å²) in [6.07, 6.45) is 2.86. The minimum atomic E-state index is -0.227. The van der Waals surface area contributed by atoms with Crippen molar-refractivity contribution in [2.45, 2.75) is 38.8 Å². The Morgan fingerprint density at radius 1 is 1.43 bits per heavy atom. The van der Waals surface area contributed by atoms with Gasteiger partial charge in [0.1, 0.15) is 6.54 Å². The maximum Gasteiger partial charge on any atom is 0.319 e. The highest BCUT2D eigenvalue weighted by atomic mass is 16.5. The van der Waals surface area contributed by atoms with Crippen molar-refractivity contribution in [1.29, 1.82) is 0 Å². The van der Waals surface area contributed by atoms with E-state index in [9.17, 15) is 9.59 Å². The molecule has 1 aliphatic carbocycles. The molecule has 0 spiro atoms. The molecule has 3 rings (SSSR count). The number of nitrogens with one attached hydrogen (secondary N) is 1. The highest BCUT2D eigenvalue weighted by molar-refractivity contribution is 5.87. The van der Waals surface area contributed by atoms with Gasteiger partial charge in [-0.3, -0.25) is 9.69 Å². The Bertz CT molecular complexity index is 623. The molecule has 1 N–H and O–H groups in total. The van der Waals surface area contributed by atoms with E-state index >= 15 is 0 Å². The van der Waals surface area contributed by atoms with Gasteiger partial charge in [0.15, 0.2) is 0 Å². The van der Waals surface area contributed by atoms with Crippen LogP contribution < -0.4 is 10.1 Å². The lowest BCUT2D eigenvalue weighted by atomic mass is 10.2. The number of nitrogens with zero attached hydrogens (tertiary/aromatic N) is 4. The van der Waals surface area contributed by atoms with Crippen LogP contribution in [-0.4, -0.2) is 57.9 Å². The maximum atomic E-state index is 12.3. The third-order valence-corrected chi connectivity index (χ3v) is 4.36. The molecule has 1 saturated carbocycles. The summed E-state index contributed by atoms with van der Waals surface area (Å²) >= 11 is 0. The molecule has 23 heavy (non-hydrogen) atoms. The van der Waals surface area contributed by atoms with Crippen molar-refractivity contribution in [3.05, 3.63) is 11.3 Å². The third-order valence-electron chi connectivity index (χ3n) is 4.36. The quantitative estimate of drug-likeness (QED) is 0.855. The average Bonchev–Trinajstić information content (AvgIpc) is 3.23. The van der Waals surface area contributed by atoms with Crippen LogP contribution in [-0.2, 0) is 24.8 Å². The molecule has 1 saturated heterocycles. The number of aromatic nitrogens is 2. The smallest absolute Gasteiger partial charge is 0.319 e. The fraction of sp³-hybridized carbons (Fsp3) is 0.667. The van der Waals surface area contributed by atoms with Crippen LogP contribution in [0.1, 0.15) is 31.0 Å². The highest BCUT2D eigenvalue weighted by Crippen LogP contribution is 2.29. The Labute approximate surface area is 135 Å². The van der Waals surface area contributed by atoms with E-state index in [-0.39, 0.29) is 18.5 Å². The van der Waals surface area contributed by atoms with E-state index in [1.54, 1.807) is 21.6 Å². The minimum Gasteiger partial charge on any atom is -0.481 e. The SMILES string of the molecule is CCc1nn(C)c(OC)c1CNC(=O)N1CC(=O)N(C2CC2)C1. The molecule has 8 nitrogen and oxygen atoms in total. The number of amides is 3. The Hall–Kier alpha value is -2.25. The van der Waals surface area contributed by atoms with Crippen molar-refractivity contribution in [1.82, 2.24) is 24.9 Å². The predicted octanol–water partition coefficient (Wildman–Crippen LogP) is 0.465. The van der Waals surface area contributed by atoms with E-state index in [4.69, 9.17) is 4.74 Å². The Kier molecular flexibility index (Phi) is 4.14. The molecule has 1 aromatic heterocycles. The summed E-state index contributed by atoms with van der Waals surface area (Å²) in [4.78, 5) is 27.6. The summed E-state index contributed by atoms with van der Waals surface area (Å²) in [6, 6.07) is 0.111. The van der Waals surface area contributed by atoms with Gasteiger partial charge in [0, 0.05) is 13.1 Å². The van der Waals surface area contributed by atoms with E-state index in [1.165, 1.54) is 0 Å². The van der Waals surface area contributed by atoms with Crippen molar-refractivity contribution >= 4 is 11.9 Å². The van der Waals surface area contributed by atoms with Crippen LogP contribution in [0.25, 0.3) is 0 Å². The lowest BCUT2D eigenvalue weighted by Gasteiger charge is -2.18. The fourth-order valence-electron chi connectivity index (χ4n) is 3.01. The summed E-state index contributed by atoms with van der Waals surface area (Å²) in [5.41, 5.74) is 1.79. The van der Waals surface area contributed by atoms with Gasteiger partial charge in [0.25, 0.3) is 0 Å². The number of carbonyl (C=O) groups excluding carboxylic acids is 2. The first-order valence-electron chi connectivity index (χ1n) is 7.96. The second-order valence-electron chi connectivity index (χ2n) is 6.00. The van der Waals surface area contributed by atoms with Gasteiger partial charge in [-0.15, -0.1) is 0 Å². The third kappa shape index (κ3) is 2.97. The van der Waals surface area contributed by atoms with Crippen molar-refractivity contribution in [3.8, 4) is 5.88 Å². The molecule has 2 fully saturated rings. The van der Waals surface area contributed by atoms with Gasteiger partial charge in [-0.1, -0.05) is 6.92 Å². The minimum absolute atomic E-state index is 0.0378. The topological polar surface area (TPSA) is 79.7 Å². The molecule has 0 aromatic carbocycles. The molecule has 126 valence electrons. The zero-order chi connectivity index (χ0) is 16.6. The molecule has 8 heteroatoms. The largest absolute Gasteiger partial charge is 0.481 e. The second kappa shape index (κ2) is 6.10. The summed E-state index contributed by atoms with van der Waals surface area (Å²) in [7, 11) is 3.41. The van der Waals surface area contributed by atoms with Crippen molar-refractivity contribution in [2.24, 2.45) is 7.05 Å². The fourth-order valence-corrected chi connectivity index (χ4v) is 3.01. The summed E-state index contributed by atoms with van der Waals surface area (Å²) in [5.74, 6) is 0.690. The zero-order valence-electron chi connectivity index (χ0n) is 13.8. The molecule has 2 aliphatic rings. The maximum absolute atomic E-state index is 12.3. The zero-order valence-corrected chi connectivity index (χ0v) is 13.8. The van der Waals surface area contributed by atoms with Crippen LogP contribution in [0.4, 0.5) is 4.79 Å². The van der Waals surface area contributed by atoms with Crippen molar-refractivity contribution in [3.63, 3.8) is 0 Å². The van der Waals surface area contributed by atoms with E-state index in [0.717, 1.165) is 30.5 Å². The van der Waals surface area contributed by atoms with E-state index in [0.29, 0.717) is 25.1 Å². The predicted molar refractivity (Wildman–Crippen MR) is 82.8 cm³/mol. The first-order chi connectivity index (χ1) is 11.0. The van der Waals surface area contributed by atoms with Gasteiger partial charge in [-0.2, -0.15) is 5.10 Å². The van der Waals surface area contributed by atoms with Gasteiger partial charge in [-0.05, 0) is 19.3 Å². The Morgan fingerprint density at radius 2 is 2.17 bits per heavy atom. The molecule has 0 radical (unpaired) electrons. The first-order valence-corrected chi connectivity index (χ1v) is 7.96. The summed E-state index contributed by atoms with van der Waals surface area (Å²) < 4.78 is 7.04. The van der Waals surface area contributed by atoms with Gasteiger partial charge in [-0.25, -0.2) is 9.48 Å². The summed E-state index contributed by atoms with van der Waals surface area (Å²) in [5, 5.41) is 7.27. The Balaban J connectivity index is 1.62. The number of rotatable bonds is 5. The van der Waals surface area contributed by atoms with Crippen molar-refractivity contribution in [2.75, 3.05) is 20.3 Å². The Morgan fingerprint density at radius 3 is 2.78 bits per heavy atom. The van der Waals surface area contributed by atoms with Crippen LogP contribution in [0, 0.1) is 0 Å². The lowest BCUT2D eigenvalue weighted by molar-refractivity contribution is -0.127. The number of hydrogen-bond acceptors (Lipinski definition) is 4. The summed E-state index contributed by atoms with van der Waals surface area (Å²) in [6.45, 7) is 2.90. The number of ether oxygens (including phenoxy) is 1. The van der Waals surface area contributed by atoms with Gasteiger partial charge >= 0.3 is 6.03 Å². The first kappa shape index (κ1) is 15.6. The number of hydrogen-bond donors (Lipinski definition) is 1. The van der Waals surface area contributed by atoms with Gasteiger partial charge < -0.3 is 15.0 Å². The molecule has 3 amide bonds. The number of aryl methyl sites for hydroxylation is 2. The number of urea groups is 1. The molecule has 0 unspecified atom stereocenters. The van der Waals surface area contributed by atoms with E-state index in [1.807, 2.05) is 14.0 Å². The standard InChI is InChI=1S/C15H23N5O3/c1-4-12-11(14(23-3)18(2)17-12)7-16-15(22)19-8-13(21)20(9-19)10-5-6-10/h10H,4-9H2,1-3H3,(H,16,22). The van der Waals surface area contributed by atoms with Crippen molar-refractivity contribution < 1.29 is 14.3 Å². The number of methoxy groups -OCH3 is 1. The average molecular weight is 321 g/mol. The lowest BCUT2D eigenvalue weighted by Crippen LogP contribution is -2.39. The second-order valence-corrected chi connectivity index (χ2v) is 6.00. The molecule has 1 aliphatic heterocycles. The molecular weight excluding hydrogens is 298 g/mol. The van der Waals surface area contributed by atoms with Crippen LogP contribution in [0.5, 0.6) is 5.88 Å². The number of carbonyl (C=O) groups is 2. The molecule has 1 aromatic rings. The van der Waals surface area contributed by atoms with Gasteiger partial charge in [0.05, 0.1) is 31.6 Å².